The predicted molar refractivity (Wildman–Crippen MR) is 180 cm³/mol. The van der Waals surface area contributed by atoms with Gasteiger partial charge in [-0.25, -0.2) is 9.97 Å². The monoisotopic (exact) mass is 601 g/mol. The van der Waals surface area contributed by atoms with E-state index >= 15 is 0 Å². The first-order valence-electron chi connectivity index (χ1n) is 16.0. The fraction of sp³-hybridized carbons (Fsp3) is 0.472. The molecule has 44 heavy (non-hydrogen) atoms. The summed E-state index contributed by atoms with van der Waals surface area (Å²) in [4.78, 5) is 23.3. The van der Waals surface area contributed by atoms with Gasteiger partial charge >= 0.3 is 0 Å². The van der Waals surface area contributed by atoms with Gasteiger partial charge in [0.2, 0.25) is 0 Å². The summed E-state index contributed by atoms with van der Waals surface area (Å²) < 4.78 is 4.88. The number of carbonyl (C=O) groups is 1. The van der Waals surface area contributed by atoms with E-state index in [0.29, 0.717) is 17.9 Å². The SMILES string of the molecule is C1CCCCC1.CCN(C)c1cc(CNC(=O)c2ccc(-c3ccc(O)cc3)cc2)nc(C)n1.COCCNC=C1CCC1. The Morgan fingerprint density at radius 2 is 1.52 bits per heavy atom. The second-order valence-corrected chi connectivity index (χ2v) is 11.3. The maximum atomic E-state index is 12.5. The van der Waals surface area contributed by atoms with Gasteiger partial charge in [-0.1, -0.05) is 68.4 Å². The highest BCUT2D eigenvalue weighted by Gasteiger charge is 2.10. The number of ether oxygens (including phenoxy) is 1. The third-order valence-corrected chi connectivity index (χ3v) is 7.77. The smallest absolute Gasteiger partial charge is 0.251 e. The molecule has 0 aliphatic heterocycles. The van der Waals surface area contributed by atoms with Crippen LogP contribution in [-0.2, 0) is 11.3 Å². The van der Waals surface area contributed by atoms with Crippen LogP contribution in [0.25, 0.3) is 11.1 Å². The van der Waals surface area contributed by atoms with Gasteiger partial charge in [-0.2, -0.15) is 0 Å². The van der Waals surface area contributed by atoms with Crippen LogP contribution in [0, 0.1) is 6.92 Å². The zero-order chi connectivity index (χ0) is 31.6. The van der Waals surface area contributed by atoms with Crippen molar-refractivity contribution in [1.82, 2.24) is 20.6 Å². The number of anilines is 1. The number of benzene rings is 2. The summed E-state index contributed by atoms with van der Waals surface area (Å²) in [6.07, 6.45) is 15.1. The van der Waals surface area contributed by atoms with Crippen molar-refractivity contribution in [2.24, 2.45) is 0 Å². The highest BCUT2D eigenvalue weighted by molar-refractivity contribution is 5.94. The summed E-state index contributed by atoms with van der Waals surface area (Å²) in [5, 5.41) is 15.5. The van der Waals surface area contributed by atoms with Crippen molar-refractivity contribution in [2.75, 3.05) is 38.8 Å². The maximum Gasteiger partial charge on any atom is 0.251 e. The van der Waals surface area contributed by atoms with E-state index < -0.39 is 0 Å². The van der Waals surface area contributed by atoms with Gasteiger partial charge in [0.25, 0.3) is 5.91 Å². The number of phenolic OH excluding ortho intramolecular Hbond substituents is 1. The van der Waals surface area contributed by atoms with E-state index in [1.165, 1.54) is 57.8 Å². The first-order chi connectivity index (χ1) is 21.4. The normalized spacial score (nSPS) is 13.7. The molecule has 0 bridgehead atoms. The lowest BCUT2D eigenvalue weighted by Gasteiger charge is -2.16. The van der Waals surface area contributed by atoms with E-state index in [9.17, 15) is 9.90 Å². The van der Waals surface area contributed by atoms with Crippen molar-refractivity contribution in [2.45, 2.75) is 78.2 Å². The van der Waals surface area contributed by atoms with Gasteiger partial charge in [0.1, 0.15) is 17.4 Å². The minimum atomic E-state index is -0.154. The number of methoxy groups -OCH3 is 1. The number of rotatable bonds is 10. The molecular weight excluding hydrogens is 550 g/mol. The van der Waals surface area contributed by atoms with Crippen LogP contribution in [-0.4, -0.2) is 54.8 Å². The van der Waals surface area contributed by atoms with Crippen LogP contribution in [0.2, 0.25) is 0 Å². The molecule has 0 unspecified atom stereocenters. The van der Waals surface area contributed by atoms with Crippen LogP contribution >= 0.6 is 0 Å². The number of allylic oxidation sites excluding steroid dienone is 1. The Balaban J connectivity index is 0.000000268. The first-order valence-corrected chi connectivity index (χ1v) is 16.0. The Morgan fingerprint density at radius 1 is 0.932 bits per heavy atom. The number of amides is 1. The first kappa shape index (κ1) is 34.6. The molecule has 1 aromatic heterocycles. The van der Waals surface area contributed by atoms with Gasteiger partial charge < -0.3 is 25.4 Å². The maximum absolute atomic E-state index is 12.5. The van der Waals surface area contributed by atoms with Gasteiger partial charge in [0, 0.05) is 38.9 Å². The third-order valence-electron chi connectivity index (χ3n) is 7.77. The van der Waals surface area contributed by atoms with Crippen LogP contribution < -0.4 is 15.5 Å². The van der Waals surface area contributed by atoms with Crippen LogP contribution in [0.15, 0.2) is 66.4 Å². The lowest BCUT2D eigenvalue weighted by molar-refractivity contribution is 0.0950. The minimum Gasteiger partial charge on any atom is -0.508 e. The molecule has 0 saturated heterocycles. The molecule has 2 fully saturated rings. The van der Waals surface area contributed by atoms with E-state index in [1.54, 1.807) is 36.9 Å². The number of aryl methyl sites for hydroxylation is 1. The molecular formula is C36H51N5O3. The fourth-order valence-corrected chi connectivity index (χ4v) is 4.76. The standard InChI is InChI=1S/C22H24N4O2.C8H15NO.C6H12/c1-4-26(3)21-13-19(24-15(2)25-21)14-23-22(28)18-7-5-16(6-8-18)17-9-11-20(27)12-10-17;1-10-6-5-9-7-8-3-2-4-8;1-2-4-6-5-3-1/h5-13,27H,4,14H2,1-3H3,(H,23,28);7,9H,2-6H2,1H3;1-6H2. The number of aromatic nitrogens is 2. The molecule has 0 radical (unpaired) electrons. The van der Waals surface area contributed by atoms with Crippen molar-refractivity contribution in [3.8, 4) is 16.9 Å². The summed E-state index contributed by atoms with van der Waals surface area (Å²) in [6.45, 7) is 6.81. The second kappa shape index (κ2) is 19.4. The third kappa shape index (κ3) is 12.4. The molecule has 8 nitrogen and oxygen atoms in total. The van der Waals surface area contributed by atoms with Gasteiger partial charge in [0.05, 0.1) is 18.8 Å². The zero-order valence-electron chi connectivity index (χ0n) is 27.1. The number of nitrogens with one attached hydrogen (secondary N) is 2. The molecule has 0 spiro atoms. The molecule has 238 valence electrons. The van der Waals surface area contributed by atoms with Crippen molar-refractivity contribution < 1.29 is 14.6 Å². The molecule has 1 amide bonds. The van der Waals surface area contributed by atoms with E-state index in [4.69, 9.17) is 4.74 Å². The molecule has 2 aromatic carbocycles. The average Bonchev–Trinajstić information content (AvgIpc) is 3.04. The average molecular weight is 602 g/mol. The van der Waals surface area contributed by atoms with E-state index in [2.05, 4.69) is 33.7 Å². The Morgan fingerprint density at radius 3 is 2.05 bits per heavy atom. The summed E-state index contributed by atoms with van der Waals surface area (Å²) in [7, 11) is 3.69. The summed E-state index contributed by atoms with van der Waals surface area (Å²) in [5.41, 5.74) is 4.87. The van der Waals surface area contributed by atoms with Gasteiger partial charge in [-0.15, -0.1) is 0 Å². The zero-order valence-corrected chi connectivity index (χ0v) is 27.1. The lowest BCUT2D eigenvalue weighted by Crippen LogP contribution is -2.24. The fourth-order valence-electron chi connectivity index (χ4n) is 4.76. The number of hydrogen-bond donors (Lipinski definition) is 3. The molecule has 1 heterocycles. The number of nitrogens with zero attached hydrogens (tertiary/aromatic N) is 3. The number of carbonyl (C=O) groups excluding carboxylic acids is 1. The quantitative estimate of drug-likeness (QED) is 0.212. The molecule has 2 saturated carbocycles. The Hall–Kier alpha value is -3.91. The molecule has 3 N–H and O–H groups in total. The van der Waals surface area contributed by atoms with Crippen LogP contribution in [0.5, 0.6) is 5.75 Å². The molecule has 5 rings (SSSR count). The molecule has 8 heteroatoms. The van der Waals surface area contributed by atoms with Crippen LogP contribution in [0.3, 0.4) is 0 Å². The van der Waals surface area contributed by atoms with Crippen LogP contribution in [0.4, 0.5) is 5.82 Å². The topological polar surface area (TPSA) is 99.6 Å². The lowest BCUT2D eigenvalue weighted by atomic mass is 9.94. The number of aromatic hydroxyl groups is 1. The second-order valence-electron chi connectivity index (χ2n) is 11.3. The van der Waals surface area contributed by atoms with E-state index in [-0.39, 0.29) is 11.7 Å². The Kier molecular flexibility index (Phi) is 15.2. The Labute approximate surface area is 264 Å². The van der Waals surface area contributed by atoms with Crippen molar-refractivity contribution in [3.05, 3.63) is 83.5 Å². The predicted octanol–water partition coefficient (Wildman–Crippen LogP) is 7.17. The largest absolute Gasteiger partial charge is 0.508 e. The van der Waals surface area contributed by atoms with Crippen molar-refractivity contribution in [3.63, 3.8) is 0 Å². The summed E-state index contributed by atoms with van der Waals surface area (Å²) in [5.74, 6) is 1.60. The van der Waals surface area contributed by atoms with Gasteiger partial charge in [0.15, 0.2) is 0 Å². The van der Waals surface area contributed by atoms with Crippen molar-refractivity contribution >= 4 is 11.7 Å². The highest BCUT2D eigenvalue weighted by Crippen LogP contribution is 2.24. The molecule has 2 aliphatic rings. The van der Waals surface area contributed by atoms with Crippen molar-refractivity contribution in [1.29, 1.82) is 0 Å². The van der Waals surface area contributed by atoms with E-state index in [0.717, 1.165) is 42.3 Å². The molecule has 2 aliphatic carbocycles. The molecule has 0 atom stereocenters. The summed E-state index contributed by atoms with van der Waals surface area (Å²) in [6, 6.07) is 16.2. The number of hydrogen-bond acceptors (Lipinski definition) is 7. The highest BCUT2D eigenvalue weighted by atomic mass is 16.5. The van der Waals surface area contributed by atoms with E-state index in [1.807, 2.05) is 49.2 Å². The summed E-state index contributed by atoms with van der Waals surface area (Å²) >= 11 is 0. The van der Waals surface area contributed by atoms with Crippen LogP contribution in [0.1, 0.15) is 86.6 Å². The number of phenols is 1. The minimum absolute atomic E-state index is 0.154. The Bertz CT molecular complexity index is 1270. The molecule has 3 aromatic rings. The van der Waals surface area contributed by atoms with Gasteiger partial charge in [-0.05, 0) is 74.7 Å². The van der Waals surface area contributed by atoms with Gasteiger partial charge in [-0.3, -0.25) is 4.79 Å².